The minimum atomic E-state index is -3.41. The molecule has 2 fully saturated rings. The van der Waals surface area contributed by atoms with Crippen molar-refractivity contribution in [3.8, 4) is 0 Å². The van der Waals surface area contributed by atoms with Crippen molar-refractivity contribution in [2.75, 3.05) is 51.2 Å². The van der Waals surface area contributed by atoms with Gasteiger partial charge in [-0.25, -0.2) is 8.42 Å². The van der Waals surface area contributed by atoms with Gasteiger partial charge in [-0.2, -0.15) is 4.31 Å². The average molecular weight is 337 g/mol. The van der Waals surface area contributed by atoms with Gasteiger partial charge in [0.15, 0.2) is 0 Å². The van der Waals surface area contributed by atoms with Gasteiger partial charge in [-0.05, 0) is 31.3 Å². The van der Waals surface area contributed by atoms with Crippen molar-refractivity contribution in [2.45, 2.75) is 17.7 Å². The average Bonchev–Trinajstić information content (AvgIpc) is 2.56. The SMILES string of the molecule is CN1CCN(S(=O)(=O)c2ccc(N3CCC(=O)CC3)cc2)CC1. The number of nitrogens with zero attached hydrogens (tertiary/aromatic N) is 3. The molecule has 0 radical (unpaired) electrons. The summed E-state index contributed by atoms with van der Waals surface area (Å²) in [6, 6.07) is 7.05. The maximum Gasteiger partial charge on any atom is 0.243 e. The number of Topliss-reactive ketones (excluding diaryl/α,β-unsaturated/α-hetero) is 1. The second kappa shape index (κ2) is 6.59. The van der Waals surface area contributed by atoms with Crippen LogP contribution in [0.4, 0.5) is 5.69 Å². The zero-order valence-electron chi connectivity index (χ0n) is 13.4. The van der Waals surface area contributed by atoms with Crippen LogP contribution < -0.4 is 4.90 Å². The van der Waals surface area contributed by atoms with Crippen LogP contribution in [0.3, 0.4) is 0 Å². The van der Waals surface area contributed by atoms with Crippen molar-refractivity contribution < 1.29 is 13.2 Å². The Balaban J connectivity index is 1.72. The lowest BCUT2D eigenvalue weighted by Crippen LogP contribution is -2.47. The molecule has 2 saturated heterocycles. The Bertz CT molecular complexity index is 654. The predicted molar refractivity (Wildman–Crippen MR) is 89.2 cm³/mol. The van der Waals surface area contributed by atoms with Gasteiger partial charge in [0.25, 0.3) is 0 Å². The van der Waals surface area contributed by atoms with Gasteiger partial charge in [0, 0.05) is 57.8 Å². The van der Waals surface area contributed by atoms with Gasteiger partial charge >= 0.3 is 0 Å². The summed E-state index contributed by atoms with van der Waals surface area (Å²) in [7, 11) is -1.41. The largest absolute Gasteiger partial charge is 0.371 e. The highest BCUT2D eigenvalue weighted by atomic mass is 32.2. The number of piperidine rings is 1. The molecule has 0 atom stereocenters. The third-order valence-electron chi connectivity index (χ3n) is 4.62. The molecule has 1 aromatic rings. The molecule has 0 N–H and O–H groups in total. The van der Waals surface area contributed by atoms with Crippen molar-refractivity contribution in [1.29, 1.82) is 0 Å². The molecule has 0 saturated carbocycles. The third-order valence-corrected chi connectivity index (χ3v) is 6.54. The summed E-state index contributed by atoms with van der Waals surface area (Å²) >= 11 is 0. The van der Waals surface area contributed by atoms with Gasteiger partial charge in [0.2, 0.25) is 10.0 Å². The fourth-order valence-corrected chi connectivity index (χ4v) is 4.44. The smallest absolute Gasteiger partial charge is 0.243 e. The molecule has 23 heavy (non-hydrogen) atoms. The van der Waals surface area contributed by atoms with Crippen LogP contribution in [0.1, 0.15) is 12.8 Å². The molecule has 0 aliphatic carbocycles. The fraction of sp³-hybridized carbons (Fsp3) is 0.562. The molecule has 1 aromatic carbocycles. The number of rotatable bonds is 3. The summed E-state index contributed by atoms with van der Waals surface area (Å²) in [5.74, 6) is 0.301. The van der Waals surface area contributed by atoms with Gasteiger partial charge in [0.05, 0.1) is 4.90 Å². The normalized spacial score (nSPS) is 21.6. The first-order valence-corrected chi connectivity index (χ1v) is 9.46. The first-order chi connectivity index (χ1) is 11.0. The summed E-state index contributed by atoms with van der Waals surface area (Å²) in [6.45, 7) is 4.02. The molecule has 0 unspecified atom stereocenters. The summed E-state index contributed by atoms with van der Waals surface area (Å²) in [5.41, 5.74) is 0.981. The molecule has 7 heteroatoms. The van der Waals surface area contributed by atoms with E-state index in [9.17, 15) is 13.2 Å². The highest BCUT2D eigenvalue weighted by Gasteiger charge is 2.27. The van der Waals surface area contributed by atoms with Crippen LogP contribution in [0.25, 0.3) is 0 Å². The van der Waals surface area contributed by atoms with E-state index in [1.807, 2.05) is 19.2 Å². The Morgan fingerprint density at radius 3 is 2.00 bits per heavy atom. The molecule has 3 rings (SSSR count). The van der Waals surface area contributed by atoms with Gasteiger partial charge < -0.3 is 9.80 Å². The summed E-state index contributed by atoms with van der Waals surface area (Å²) in [5, 5.41) is 0. The van der Waals surface area contributed by atoms with Gasteiger partial charge in [-0.3, -0.25) is 4.79 Å². The molecule has 2 heterocycles. The quantitative estimate of drug-likeness (QED) is 0.816. The van der Waals surface area contributed by atoms with Crippen molar-refractivity contribution in [2.24, 2.45) is 0 Å². The minimum absolute atomic E-state index is 0.301. The lowest BCUT2D eigenvalue weighted by Gasteiger charge is -2.32. The third kappa shape index (κ3) is 3.57. The van der Waals surface area contributed by atoms with E-state index < -0.39 is 10.0 Å². The van der Waals surface area contributed by atoms with Crippen LogP contribution in [0.5, 0.6) is 0 Å². The van der Waals surface area contributed by atoms with Crippen molar-refractivity contribution >= 4 is 21.5 Å². The van der Waals surface area contributed by atoms with E-state index in [0.29, 0.717) is 49.7 Å². The molecular weight excluding hydrogens is 314 g/mol. The van der Waals surface area contributed by atoms with E-state index in [1.54, 1.807) is 16.4 Å². The zero-order chi connectivity index (χ0) is 16.4. The first kappa shape index (κ1) is 16.4. The van der Waals surface area contributed by atoms with Crippen LogP contribution in [0.15, 0.2) is 29.2 Å². The number of benzene rings is 1. The molecule has 126 valence electrons. The lowest BCUT2D eigenvalue weighted by atomic mass is 10.1. The van der Waals surface area contributed by atoms with E-state index in [2.05, 4.69) is 9.80 Å². The number of ketones is 1. The molecule has 0 bridgehead atoms. The monoisotopic (exact) mass is 337 g/mol. The second-order valence-corrected chi connectivity index (χ2v) is 8.16. The van der Waals surface area contributed by atoms with Crippen LogP contribution in [0.2, 0.25) is 0 Å². The second-order valence-electron chi connectivity index (χ2n) is 6.23. The lowest BCUT2D eigenvalue weighted by molar-refractivity contribution is -0.119. The Morgan fingerprint density at radius 2 is 1.43 bits per heavy atom. The van der Waals surface area contributed by atoms with E-state index in [4.69, 9.17) is 0 Å². The molecule has 6 nitrogen and oxygen atoms in total. The number of carbonyl (C=O) groups excluding carboxylic acids is 1. The van der Waals surface area contributed by atoms with E-state index in [1.165, 1.54) is 0 Å². The molecule has 0 aromatic heterocycles. The number of piperazine rings is 1. The molecule has 2 aliphatic rings. The predicted octanol–water partition coefficient (Wildman–Crippen LogP) is 0.792. The topological polar surface area (TPSA) is 60.9 Å². The number of carbonyl (C=O) groups is 1. The maximum atomic E-state index is 12.7. The molecule has 0 amide bonds. The van der Waals surface area contributed by atoms with Gasteiger partial charge in [-0.1, -0.05) is 0 Å². The van der Waals surface area contributed by atoms with Gasteiger partial charge in [0.1, 0.15) is 5.78 Å². The van der Waals surface area contributed by atoms with E-state index in [0.717, 1.165) is 18.8 Å². The Labute approximate surface area is 137 Å². The Hall–Kier alpha value is -1.44. The van der Waals surface area contributed by atoms with E-state index in [-0.39, 0.29) is 0 Å². The van der Waals surface area contributed by atoms with Crippen LogP contribution >= 0.6 is 0 Å². The van der Waals surface area contributed by atoms with Crippen LogP contribution in [-0.2, 0) is 14.8 Å². The van der Waals surface area contributed by atoms with Crippen molar-refractivity contribution in [1.82, 2.24) is 9.21 Å². The molecule has 0 spiro atoms. The Kier molecular flexibility index (Phi) is 4.70. The molecule has 2 aliphatic heterocycles. The standard InChI is InChI=1S/C16H23N3O3S/c1-17-10-12-19(13-11-17)23(21,22)16-4-2-14(3-5-16)18-8-6-15(20)7-9-18/h2-5H,6-13H2,1H3. The summed E-state index contributed by atoms with van der Waals surface area (Å²) in [4.78, 5) is 15.9. The number of anilines is 1. The van der Waals surface area contributed by atoms with Gasteiger partial charge in [-0.15, -0.1) is 0 Å². The summed E-state index contributed by atoms with van der Waals surface area (Å²) in [6.07, 6.45) is 1.14. The van der Waals surface area contributed by atoms with Crippen LogP contribution in [0, 0.1) is 0 Å². The zero-order valence-corrected chi connectivity index (χ0v) is 14.3. The highest BCUT2D eigenvalue weighted by Crippen LogP contribution is 2.23. The Morgan fingerprint density at radius 1 is 0.870 bits per heavy atom. The number of likely N-dealkylation sites (N-methyl/N-ethyl adjacent to an activating group) is 1. The number of sulfonamides is 1. The molecular formula is C16H23N3O3S. The fourth-order valence-electron chi connectivity index (χ4n) is 3.02. The first-order valence-electron chi connectivity index (χ1n) is 8.02. The number of hydrogen-bond acceptors (Lipinski definition) is 5. The number of hydrogen-bond donors (Lipinski definition) is 0. The maximum absolute atomic E-state index is 12.7. The van der Waals surface area contributed by atoms with E-state index >= 15 is 0 Å². The van der Waals surface area contributed by atoms with Crippen molar-refractivity contribution in [3.05, 3.63) is 24.3 Å². The summed E-state index contributed by atoms with van der Waals surface area (Å²) < 4.78 is 26.9. The van der Waals surface area contributed by atoms with Crippen LogP contribution in [-0.4, -0.2) is 69.7 Å². The highest BCUT2D eigenvalue weighted by molar-refractivity contribution is 7.89. The van der Waals surface area contributed by atoms with Crippen molar-refractivity contribution in [3.63, 3.8) is 0 Å². The minimum Gasteiger partial charge on any atom is -0.371 e.